The normalized spacial score (nSPS) is 12.4. The van der Waals surface area contributed by atoms with E-state index in [-0.39, 0.29) is 16.6 Å². The second-order valence-electron chi connectivity index (χ2n) is 5.65. The molecule has 2 heterocycles. The zero-order valence-corrected chi connectivity index (χ0v) is 15.5. The summed E-state index contributed by atoms with van der Waals surface area (Å²) in [5.74, 6) is -1.02. The summed E-state index contributed by atoms with van der Waals surface area (Å²) in [5.41, 5.74) is -3.57. The average Bonchev–Trinajstić information content (AvgIpc) is 3.17. The van der Waals surface area contributed by atoms with Crippen LogP contribution in [0.3, 0.4) is 0 Å². The fourth-order valence-electron chi connectivity index (χ4n) is 2.42. The van der Waals surface area contributed by atoms with Crippen molar-refractivity contribution in [1.29, 1.82) is 0 Å². The van der Waals surface area contributed by atoms with Gasteiger partial charge in [-0.3, -0.25) is 0 Å². The number of hydrogen-bond donors (Lipinski definition) is 0. The summed E-state index contributed by atoms with van der Waals surface area (Å²) in [5, 5.41) is 14.8. The standard InChI is InChI=1S/C14H7BrF6N6O2/c1-25-11(27(28)29)9(15)23-12(25)26-5-22-10(24-26)6-2-7(13(16,17)18)4-8(3-6)14(19,20)21/h2-5H,1H3. The second kappa shape index (κ2) is 6.82. The van der Waals surface area contributed by atoms with Crippen LogP contribution in [-0.4, -0.2) is 29.2 Å². The van der Waals surface area contributed by atoms with E-state index in [1.54, 1.807) is 0 Å². The summed E-state index contributed by atoms with van der Waals surface area (Å²) in [6.07, 6.45) is -9.09. The molecule has 0 saturated carbocycles. The molecule has 0 N–H and O–H groups in total. The molecular weight excluding hydrogens is 478 g/mol. The van der Waals surface area contributed by atoms with Crippen LogP contribution in [0.4, 0.5) is 32.2 Å². The van der Waals surface area contributed by atoms with Crippen molar-refractivity contribution in [2.45, 2.75) is 12.4 Å². The summed E-state index contributed by atoms with van der Waals surface area (Å²) in [4.78, 5) is 17.9. The molecule has 0 bridgehead atoms. The fraction of sp³-hybridized carbons (Fsp3) is 0.214. The van der Waals surface area contributed by atoms with E-state index < -0.39 is 45.6 Å². The van der Waals surface area contributed by atoms with Crippen molar-refractivity contribution in [1.82, 2.24) is 24.3 Å². The average molecular weight is 485 g/mol. The Morgan fingerprint density at radius 3 is 2.07 bits per heavy atom. The van der Waals surface area contributed by atoms with E-state index in [1.807, 2.05) is 0 Å². The van der Waals surface area contributed by atoms with Gasteiger partial charge in [0.25, 0.3) is 0 Å². The number of nitro groups is 1. The summed E-state index contributed by atoms with van der Waals surface area (Å²) in [6.45, 7) is 0. The molecule has 154 valence electrons. The van der Waals surface area contributed by atoms with Crippen LogP contribution in [-0.2, 0) is 19.4 Å². The van der Waals surface area contributed by atoms with Crippen molar-refractivity contribution >= 4 is 21.7 Å². The minimum atomic E-state index is -5.02. The highest BCUT2D eigenvalue weighted by Gasteiger charge is 2.37. The lowest BCUT2D eigenvalue weighted by molar-refractivity contribution is -0.392. The molecule has 2 aromatic heterocycles. The Kier molecular flexibility index (Phi) is 4.88. The highest BCUT2D eigenvalue weighted by Crippen LogP contribution is 2.38. The zero-order valence-electron chi connectivity index (χ0n) is 14.0. The predicted octanol–water partition coefficient (Wildman–Crippen LogP) is 4.38. The summed E-state index contributed by atoms with van der Waals surface area (Å²) in [7, 11) is 1.28. The molecule has 0 aliphatic carbocycles. The highest BCUT2D eigenvalue weighted by atomic mass is 79.9. The first-order valence-corrected chi connectivity index (χ1v) is 8.17. The van der Waals surface area contributed by atoms with Gasteiger partial charge in [-0.1, -0.05) is 0 Å². The van der Waals surface area contributed by atoms with Crippen molar-refractivity contribution in [3.05, 3.63) is 50.4 Å². The Balaban J connectivity index is 2.12. The molecule has 29 heavy (non-hydrogen) atoms. The lowest BCUT2D eigenvalue weighted by atomic mass is 10.0. The smallest absolute Gasteiger partial charge is 0.358 e. The van der Waals surface area contributed by atoms with Gasteiger partial charge in [0.05, 0.1) is 18.2 Å². The van der Waals surface area contributed by atoms with E-state index in [2.05, 4.69) is 31.0 Å². The van der Waals surface area contributed by atoms with Gasteiger partial charge in [0.15, 0.2) is 5.82 Å². The molecule has 0 amide bonds. The monoisotopic (exact) mass is 484 g/mol. The van der Waals surface area contributed by atoms with E-state index >= 15 is 0 Å². The molecule has 3 rings (SSSR count). The minimum absolute atomic E-state index is 0.0142. The first kappa shape index (κ1) is 20.8. The Bertz CT molecular complexity index is 1070. The van der Waals surface area contributed by atoms with Crippen LogP contribution in [0.25, 0.3) is 17.3 Å². The van der Waals surface area contributed by atoms with Gasteiger partial charge in [0.1, 0.15) is 6.33 Å². The molecule has 0 fully saturated rings. The predicted molar refractivity (Wildman–Crippen MR) is 87.9 cm³/mol. The molecule has 1 aromatic carbocycles. The highest BCUT2D eigenvalue weighted by molar-refractivity contribution is 9.10. The third-order valence-electron chi connectivity index (χ3n) is 3.72. The molecule has 8 nitrogen and oxygen atoms in total. The van der Waals surface area contributed by atoms with Gasteiger partial charge in [-0.2, -0.15) is 40.6 Å². The van der Waals surface area contributed by atoms with Crippen molar-refractivity contribution in [2.75, 3.05) is 0 Å². The molecule has 0 atom stereocenters. The fourth-order valence-corrected chi connectivity index (χ4v) is 2.99. The molecular formula is C14H7BrF6N6O2. The van der Waals surface area contributed by atoms with E-state index in [4.69, 9.17) is 0 Å². The molecule has 0 spiro atoms. The Hall–Kier alpha value is -2.97. The van der Waals surface area contributed by atoms with Gasteiger partial charge in [-0.25, -0.2) is 4.98 Å². The van der Waals surface area contributed by atoms with Crippen LogP contribution < -0.4 is 0 Å². The van der Waals surface area contributed by atoms with Gasteiger partial charge >= 0.3 is 24.1 Å². The number of alkyl halides is 6. The maximum absolute atomic E-state index is 13.0. The quantitative estimate of drug-likeness (QED) is 0.312. The van der Waals surface area contributed by atoms with Crippen LogP contribution in [0.5, 0.6) is 0 Å². The van der Waals surface area contributed by atoms with Gasteiger partial charge in [-0.15, -0.1) is 5.10 Å². The molecule has 3 aromatic rings. The van der Waals surface area contributed by atoms with Crippen LogP contribution in [0.2, 0.25) is 0 Å². The SMILES string of the molecule is Cn1c(-n2cnc(-c3cc(C(F)(F)F)cc(C(F)(F)F)c3)n2)nc(Br)c1[N+](=O)[O-]. The summed E-state index contributed by atoms with van der Waals surface area (Å²) in [6, 6.07) is 0.942. The topological polar surface area (TPSA) is 91.7 Å². The van der Waals surface area contributed by atoms with Gasteiger partial charge in [0.2, 0.25) is 4.60 Å². The van der Waals surface area contributed by atoms with E-state index in [9.17, 15) is 36.5 Å². The number of hydrogen-bond acceptors (Lipinski definition) is 5. The van der Waals surface area contributed by atoms with Crippen LogP contribution >= 0.6 is 15.9 Å². The third kappa shape index (κ3) is 3.94. The Morgan fingerprint density at radius 2 is 1.62 bits per heavy atom. The first-order valence-electron chi connectivity index (χ1n) is 7.37. The van der Waals surface area contributed by atoms with Crippen molar-refractivity contribution in [3.63, 3.8) is 0 Å². The number of benzene rings is 1. The van der Waals surface area contributed by atoms with Crippen LogP contribution in [0, 0.1) is 10.1 Å². The first-order chi connectivity index (χ1) is 13.3. The number of nitrogens with zero attached hydrogens (tertiary/aromatic N) is 6. The number of imidazole rings is 1. The third-order valence-corrected chi connectivity index (χ3v) is 4.25. The Labute approximate surface area is 165 Å². The van der Waals surface area contributed by atoms with Gasteiger partial charge in [0, 0.05) is 5.56 Å². The van der Waals surface area contributed by atoms with Gasteiger partial charge < -0.3 is 10.1 Å². The largest absolute Gasteiger partial charge is 0.416 e. The molecule has 0 radical (unpaired) electrons. The maximum atomic E-state index is 13.0. The lowest BCUT2D eigenvalue weighted by Gasteiger charge is -2.13. The van der Waals surface area contributed by atoms with Crippen LogP contribution in [0.15, 0.2) is 29.1 Å². The molecule has 0 aliphatic rings. The van der Waals surface area contributed by atoms with E-state index in [0.29, 0.717) is 12.1 Å². The molecule has 0 aliphatic heterocycles. The number of halogens is 7. The maximum Gasteiger partial charge on any atom is 0.416 e. The van der Waals surface area contributed by atoms with Crippen molar-refractivity contribution in [2.24, 2.45) is 7.05 Å². The van der Waals surface area contributed by atoms with Crippen molar-refractivity contribution < 1.29 is 31.3 Å². The molecule has 15 heteroatoms. The van der Waals surface area contributed by atoms with Crippen molar-refractivity contribution in [3.8, 4) is 17.3 Å². The van der Waals surface area contributed by atoms with E-state index in [0.717, 1.165) is 15.6 Å². The number of aromatic nitrogens is 5. The molecule has 0 unspecified atom stereocenters. The van der Waals surface area contributed by atoms with Gasteiger partial charge in [-0.05, 0) is 39.1 Å². The number of rotatable bonds is 3. The second-order valence-corrected chi connectivity index (χ2v) is 6.40. The summed E-state index contributed by atoms with van der Waals surface area (Å²) >= 11 is 2.90. The zero-order chi connectivity index (χ0) is 21.7. The molecule has 0 saturated heterocycles. The summed E-state index contributed by atoms with van der Waals surface area (Å²) < 4.78 is 79.8. The minimum Gasteiger partial charge on any atom is -0.358 e. The van der Waals surface area contributed by atoms with E-state index in [1.165, 1.54) is 7.05 Å². The Morgan fingerprint density at radius 1 is 1.07 bits per heavy atom. The lowest BCUT2D eigenvalue weighted by Crippen LogP contribution is -2.11. The van der Waals surface area contributed by atoms with Crippen LogP contribution in [0.1, 0.15) is 11.1 Å².